The third kappa shape index (κ3) is 5.15. The van der Waals surface area contributed by atoms with Gasteiger partial charge in [-0.1, -0.05) is 23.7 Å². The molecule has 1 atom stereocenters. The van der Waals surface area contributed by atoms with Crippen LogP contribution in [0.5, 0.6) is 0 Å². The molecule has 2 aromatic rings. The van der Waals surface area contributed by atoms with Gasteiger partial charge in [-0.05, 0) is 31.2 Å². The first-order valence-corrected chi connectivity index (χ1v) is 8.67. The standard InChI is InChI=1S/C17H14ClF3N2O2S/c1-9(26-13-5-3-2-4-10(13)18)17(25)22-8-14(24)23-12-7-6-11(19)15(20)16(12)21/h2-7,9H,8H2,1H3,(H,22,25)(H,23,24). The van der Waals surface area contributed by atoms with Crippen molar-refractivity contribution in [3.05, 3.63) is 58.9 Å². The van der Waals surface area contributed by atoms with Crippen molar-refractivity contribution in [2.24, 2.45) is 0 Å². The van der Waals surface area contributed by atoms with Crippen molar-refractivity contribution in [1.82, 2.24) is 5.32 Å². The Balaban J connectivity index is 1.88. The fourth-order valence-electron chi connectivity index (χ4n) is 1.91. The maximum absolute atomic E-state index is 13.5. The molecule has 138 valence electrons. The molecule has 0 saturated carbocycles. The van der Waals surface area contributed by atoms with Crippen molar-refractivity contribution in [3.8, 4) is 0 Å². The van der Waals surface area contributed by atoms with E-state index in [2.05, 4.69) is 10.6 Å². The summed E-state index contributed by atoms with van der Waals surface area (Å²) in [4.78, 5) is 24.5. The van der Waals surface area contributed by atoms with Gasteiger partial charge in [-0.3, -0.25) is 9.59 Å². The molecule has 0 saturated heterocycles. The number of carbonyl (C=O) groups excluding carboxylic acids is 2. The molecule has 0 spiro atoms. The zero-order chi connectivity index (χ0) is 19.3. The van der Waals surface area contributed by atoms with E-state index in [4.69, 9.17) is 11.6 Å². The molecular weight excluding hydrogens is 389 g/mol. The average Bonchev–Trinajstić information content (AvgIpc) is 2.62. The van der Waals surface area contributed by atoms with Crippen LogP contribution in [-0.4, -0.2) is 23.6 Å². The Morgan fingerprint density at radius 2 is 1.81 bits per heavy atom. The largest absolute Gasteiger partial charge is 0.346 e. The molecule has 2 amide bonds. The molecule has 0 radical (unpaired) electrons. The number of benzene rings is 2. The van der Waals surface area contributed by atoms with Crippen LogP contribution in [0.3, 0.4) is 0 Å². The Morgan fingerprint density at radius 1 is 1.12 bits per heavy atom. The van der Waals surface area contributed by atoms with Gasteiger partial charge in [-0.15, -0.1) is 11.8 Å². The number of hydrogen-bond donors (Lipinski definition) is 2. The Hall–Kier alpha value is -2.19. The van der Waals surface area contributed by atoms with Gasteiger partial charge in [-0.2, -0.15) is 0 Å². The van der Waals surface area contributed by atoms with Crippen molar-refractivity contribution in [2.45, 2.75) is 17.1 Å². The molecule has 26 heavy (non-hydrogen) atoms. The van der Waals surface area contributed by atoms with Gasteiger partial charge < -0.3 is 10.6 Å². The Morgan fingerprint density at radius 3 is 2.50 bits per heavy atom. The van der Waals surface area contributed by atoms with E-state index in [1.54, 1.807) is 31.2 Å². The summed E-state index contributed by atoms with van der Waals surface area (Å²) in [7, 11) is 0. The van der Waals surface area contributed by atoms with E-state index >= 15 is 0 Å². The maximum Gasteiger partial charge on any atom is 0.243 e. The zero-order valence-electron chi connectivity index (χ0n) is 13.5. The van der Waals surface area contributed by atoms with E-state index in [0.717, 1.165) is 6.07 Å². The smallest absolute Gasteiger partial charge is 0.243 e. The van der Waals surface area contributed by atoms with Crippen LogP contribution in [0, 0.1) is 17.5 Å². The second-order valence-electron chi connectivity index (χ2n) is 5.18. The van der Waals surface area contributed by atoms with E-state index in [0.29, 0.717) is 16.0 Å². The van der Waals surface area contributed by atoms with E-state index in [1.807, 2.05) is 0 Å². The summed E-state index contributed by atoms with van der Waals surface area (Å²) in [6.45, 7) is 1.18. The lowest BCUT2D eigenvalue weighted by Gasteiger charge is -2.13. The third-order valence-corrected chi connectivity index (χ3v) is 4.86. The molecule has 9 heteroatoms. The number of nitrogens with one attached hydrogen (secondary N) is 2. The molecule has 2 aromatic carbocycles. The van der Waals surface area contributed by atoms with Crippen molar-refractivity contribution in [1.29, 1.82) is 0 Å². The van der Waals surface area contributed by atoms with Crippen LogP contribution >= 0.6 is 23.4 Å². The summed E-state index contributed by atoms with van der Waals surface area (Å²) in [5.41, 5.74) is -0.512. The van der Waals surface area contributed by atoms with E-state index in [9.17, 15) is 22.8 Å². The van der Waals surface area contributed by atoms with Gasteiger partial charge in [0.05, 0.1) is 22.5 Å². The minimum atomic E-state index is -1.68. The van der Waals surface area contributed by atoms with Crippen molar-refractivity contribution in [2.75, 3.05) is 11.9 Å². The quantitative estimate of drug-likeness (QED) is 0.567. The van der Waals surface area contributed by atoms with Gasteiger partial charge >= 0.3 is 0 Å². The van der Waals surface area contributed by atoms with Gasteiger partial charge in [0, 0.05) is 4.90 Å². The topological polar surface area (TPSA) is 58.2 Å². The molecule has 0 bridgehead atoms. The SMILES string of the molecule is CC(Sc1ccccc1Cl)C(=O)NCC(=O)Nc1ccc(F)c(F)c1F. The minimum Gasteiger partial charge on any atom is -0.346 e. The highest BCUT2D eigenvalue weighted by atomic mass is 35.5. The summed E-state index contributed by atoms with van der Waals surface area (Å²) < 4.78 is 39.5. The van der Waals surface area contributed by atoms with Gasteiger partial charge in [0.2, 0.25) is 11.8 Å². The lowest BCUT2D eigenvalue weighted by atomic mass is 10.2. The molecule has 0 fully saturated rings. The van der Waals surface area contributed by atoms with Crippen LogP contribution < -0.4 is 10.6 Å². The monoisotopic (exact) mass is 402 g/mol. The Kier molecular flexibility index (Phi) is 6.93. The van der Waals surface area contributed by atoms with Crippen LogP contribution in [0.2, 0.25) is 5.02 Å². The average molecular weight is 403 g/mol. The fourth-order valence-corrected chi connectivity index (χ4v) is 3.09. The van der Waals surface area contributed by atoms with Crippen LogP contribution in [0.15, 0.2) is 41.3 Å². The van der Waals surface area contributed by atoms with Crippen LogP contribution in [-0.2, 0) is 9.59 Å². The highest BCUT2D eigenvalue weighted by Gasteiger charge is 2.18. The first-order valence-electron chi connectivity index (χ1n) is 7.42. The number of rotatable bonds is 6. The Labute approximate surface area is 157 Å². The Bertz CT molecular complexity index is 836. The summed E-state index contributed by atoms with van der Waals surface area (Å²) in [6.07, 6.45) is 0. The lowest BCUT2D eigenvalue weighted by molar-refractivity contribution is -0.123. The molecule has 0 aliphatic carbocycles. The first-order chi connectivity index (χ1) is 12.3. The van der Waals surface area contributed by atoms with Crippen LogP contribution in [0.4, 0.5) is 18.9 Å². The normalized spacial score (nSPS) is 11.7. The number of thioether (sulfide) groups is 1. The predicted molar refractivity (Wildman–Crippen MR) is 94.7 cm³/mol. The van der Waals surface area contributed by atoms with Crippen LogP contribution in [0.25, 0.3) is 0 Å². The number of carbonyl (C=O) groups is 2. The maximum atomic E-state index is 13.5. The summed E-state index contributed by atoms with van der Waals surface area (Å²) >= 11 is 7.23. The van der Waals surface area contributed by atoms with Crippen molar-refractivity contribution in [3.63, 3.8) is 0 Å². The highest BCUT2D eigenvalue weighted by molar-refractivity contribution is 8.00. The minimum absolute atomic E-state index is 0.434. The second kappa shape index (κ2) is 8.95. The first kappa shape index (κ1) is 20.1. The number of anilines is 1. The van der Waals surface area contributed by atoms with Crippen molar-refractivity contribution < 1.29 is 22.8 Å². The number of hydrogen-bond acceptors (Lipinski definition) is 3. The molecule has 2 N–H and O–H groups in total. The van der Waals surface area contributed by atoms with Gasteiger partial charge in [0.1, 0.15) is 0 Å². The fraction of sp³-hybridized carbons (Fsp3) is 0.176. The lowest BCUT2D eigenvalue weighted by Crippen LogP contribution is -2.37. The van der Waals surface area contributed by atoms with E-state index in [1.165, 1.54) is 11.8 Å². The van der Waals surface area contributed by atoms with Gasteiger partial charge in [0.25, 0.3) is 0 Å². The molecule has 0 aliphatic heterocycles. The van der Waals surface area contributed by atoms with Crippen molar-refractivity contribution >= 4 is 40.9 Å². The summed E-state index contributed by atoms with van der Waals surface area (Å²) in [6, 6.07) is 8.58. The van der Waals surface area contributed by atoms with Gasteiger partial charge in [-0.25, -0.2) is 13.2 Å². The summed E-state index contributed by atoms with van der Waals surface area (Å²) in [5, 5.41) is 4.41. The number of halogens is 4. The zero-order valence-corrected chi connectivity index (χ0v) is 15.1. The predicted octanol–water partition coefficient (Wildman–Crippen LogP) is 3.99. The number of amides is 2. The summed E-state index contributed by atoms with van der Waals surface area (Å²) in [5.74, 6) is -5.77. The van der Waals surface area contributed by atoms with Crippen LogP contribution in [0.1, 0.15) is 6.92 Å². The molecule has 0 aliphatic rings. The highest BCUT2D eigenvalue weighted by Crippen LogP contribution is 2.29. The molecular formula is C17H14ClF3N2O2S. The third-order valence-electron chi connectivity index (χ3n) is 3.24. The van der Waals surface area contributed by atoms with Gasteiger partial charge in [0.15, 0.2) is 17.5 Å². The van der Waals surface area contributed by atoms with E-state index in [-0.39, 0.29) is 0 Å². The molecule has 0 heterocycles. The molecule has 1 unspecified atom stereocenters. The molecule has 0 aromatic heterocycles. The van der Waals surface area contributed by atoms with E-state index < -0.39 is 46.7 Å². The molecule has 4 nitrogen and oxygen atoms in total. The second-order valence-corrected chi connectivity index (χ2v) is 6.97. The molecule has 2 rings (SSSR count).